The second-order valence-electron chi connectivity index (χ2n) is 3.80. The van der Waals surface area contributed by atoms with E-state index in [1.54, 1.807) is 0 Å². The maximum atomic E-state index is 8.73. The van der Waals surface area contributed by atoms with Gasteiger partial charge in [0.05, 0.1) is 6.07 Å². The molecule has 0 N–H and O–H groups in total. The molecule has 0 radical (unpaired) electrons. The lowest BCUT2D eigenvalue weighted by molar-refractivity contribution is 0.124. The lowest BCUT2D eigenvalue weighted by Gasteiger charge is -2.28. The van der Waals surface area contributed by atoms with Crippen molar-refractivity contribution in [2.24, 2.45) is 5.92 Å². The van der Waals surface area contributed by atoms with Gasteiger partial charge >= 0.3 is 0 Å². The molecule has 0 amide bonds. The summed E-state index contributed by atoms with van der Waals surface area (Å²) in [7, 11) is 0. The first-order chi connectivity index (χ1) is 6.86. The number of ether oxygens (including phenoxy) is 1. The van der Waals surface area contributed by atoms with E-state index < -0.39 is 0 Å². The molecule has 0 saturated carbocycles. The van der Waals surface area contributed by atoms with Crippen LogP contribution >= 0.6 is 0 Å². The summed E-state index contributed by atoms with van der Waals surface area (Å²) in [6.07, 6.45) is 3.21. The molecule has 0 aromatic heterocycles. The van der Waals surface area contributed by atoms with Gasteiger partial charge in [-0.15, -0.1) is 0 Å². The van der Waals surface area contributed by atoms with Gasteiger partial charge in [0.2, 0.25) is 0 Å². The summed E-state index contributed by atoms with van der Waals surface area (Å²) in [6, 6.07) is 2.35. The van der Waals surface area contributed by atoms with Gasteiger partial charge in [0, 0.05) is 25.7 Å². The van der Waals surface area contributed by atoms with Gasteiger partial charge in [0.15, 0.2) is 0 Å². The van der Waals surface area contributed by atoms with Crippen LogP contribution in [-0.4, -0.2) is 37.7 Å². The highest BCUT2D eigenvalue weighted by Crippen LogP contribution is 2.15. The Balaban J connectivity index is 2.02. The maximum absolute atomic E-state index is 8.73. The monoisotopic (exact) mass is 196 g/mol. The topological polar surface area (TPSA) is 36.3 Å². The van der Waals surface area contributed by atoms with Crippen LogP contribution in [0.1, 0.15) is 26.2 Å². The van der Waals surface area contributed by atoms with Gasteiger partial charge in [0.1, 0.15) is 0 Å². The molecule has 1 fully saturated rings. The van der Waals surface area contributed by atoms with Crippen LogP contribution < -0.4 is 0 Å². The Labute approximate surface area is 86.6 Å². The lowest BCUT2D eigenvalue weighted by Crippen LogP contribution is -2.34. The molecule has 1 saturated heterocycles. The highest BCUT2D eigenvalue weighted by Gasteiger charge is 2.17. The van der Waals surface area contributed by atoms with Gasteiger partial charge in [-0.2, -0.15) is 5.26 Å². The first-order valence-corrected chi connectivity index (χ1v) is 5.56. The smallest absolute Gasteiger partial charge is 0.0656 e. The number of hydrogen-bond acceptors (Lipinski definition) is 3. The Morgan fingerprint density at radius 3 is 2.71 bits per heavy atom. The van der Waals surface area contributed by atoms with Gasteiger partial charge < -0.3 is 9.64 Å². The number of nitriles is 1. The third kappa shape index (κ3) is 4.08. The number of likely N-dealkylation sites (tertiary alicyclic amines) is 1. The van der Waals surface area contributed by atoms with Gasteiger partial charge in [0.25, 0.3) is 0 Å². The molecule has 0 unspecified atom stereocenters. The average molecular weight is 196 g/mol. The zero-order chi connectivity index (χ0) is 10.2. The minimum Gasteiger partial charge on any atom is -0.382 e. The van der Waals surface area contributed by atoms with E-state index in [9.17, 15) is 0 Å². The lowest BCUT2D eigenvalue weighted by atomic mass is 9.98. The molecule has 0 aromatic rings. The SMILES string of the molecule is CCOCCCN1CCC(C#N)CC1. The van der Waals surface area contributed by atoms with E-state index in [1.807, 2.05) is 6.92 Å². The third-order valence-corrected chi connectivity index (χ3v) is 2.74. The van der Waals surface area contributed by atoms with Crippen molar-refractivity contribution in [2.75, 3.05) is 32.8 Å². The predicted octanol–water partition coefficient (Wildman–Crippen LogP) is 1.65. The Bertz CT molecular complexity index is 180. The first-order valence-electron chi connectivity index (χ1n) is 5.56. The normalized spacial score (nSPS) is 19.4. The second-order valence-corrected chi connectivity index (χ2v) is 3.80. The quantitative estimate of drug-likeness (QED) is 0.627. The first kappa shape index (κ1) is 11.5. The highest BCUT2D eigenvalue weighted by molar-refractivity contribution is 4.87. The van der Waals surface area contributed by atoms with Crippen LogP contribution in [0.5, 0.6) is 0 Å². The zero-order valence-electron chi connectivity index (χ0n) is 9.04. The number of nitrogens with zero attached hydrogens (tertiary/aromatic N) is 2. The van der Waals surface area contributed by atoms with Gasteiger partial charge in [-0.1, -0.05) is 0 Å². The van der Waals surface area contributed by atoms with Crippen molar-refractivity contribution in [1.29, 1.82) is 5.26 Å². The highest BCUT2D eigenvalue weighted by atomic mass is 16.5. The van der Waals surface area contributed by atoms with Crippen molar-refractivity contribution < 1.29 is 4.74 Å². The van der Waals surface area contributed by atoms with E-state index in [0.29, 0.717) is 5.92 Å². The molecule has 1 aliphatic rings. The number of hydrogen-bond donors (Lipinski definition) is 0. The molecule has 14 heavy (non-hydrogen) atoms. The van der Waals surface area contributed by atoms with Crippen LogP contribution in [0, 0.1) is 17.2 Å². The summed E-state index contributed by atoms with van der Waals surface area (Å²) in [4.78, 5) is 2.44. The van der Waals surface area contributed by atoms with Crippen LogP contribution in [0.2, 0.25) is 0 Å². The van der Waals surface area contributed by atoms with E-state index in [0.717, 1.165) is 52.1 Å². The fourth-order valence-corrected chi connectivity index (χ4v) is 1.82. The van der Waals surface area contributed by atoms with Crippen molar-refractivity contribution in [1.82, 2.24) is 4.90 Å². The molecular formula is C11H20N2O. The van der Waals surface area contributed by atoms with Crippen molar-refractivity contribution in [3.8, 4) is 6.07 Å². The average Bonchev–Trinajstić information content (AvgIpc) is 2.25. The Kier molecular flexibility index (Phi) is 5.58. The Morgan fingerprint density at radius 2 is 2.14 bits per heavy atom. The molecular weight excluding hydrogens is 176 g/mol. The van der Waals surface area contributed by atoms with Crippen molar-refractivity contribution in [3.05, 3.63) is 0 Å². The van der Waals surface area contributed by atoms with Crippen molar-refractivity contribution in [3.63, 3.8) is 0 Å². The molecule has 0 aliphatic carbocycles. The van der Waals surface area contributed by atoms with E-state index in [4.69, 9.17) is 10.00 Å². The van der Waals surface area contributed by atoms with E-state index in [2.05, 4.69) is 11.0 Å². The molecule has 3 heteroatoms. The molecule has 3 nitrogen and oxygen atoms in total. The van der Waals surface area contributed by atoms with Gasteiger partial charge in [-0.25, -0.2) is 0 Å². The minimum absolute atomic E-state index is 0.304. The fourth-order valence-electron chi connectivity index (χ4n) is 1.82. The summed E-state index contributed by atoms with van der Waals surface area (Å²) in [6.45, 7) is 7.01. The van der Waals surface area contributed by atoms with E-state index >= 15 is 0 Å². The molecule has 1 rings (SSSR count). The molecule has 0 atom stereocenters. The molecule has 0 bridgehead atoms. The third-order valence-electron chi connectivity index (χ3n) is 2.74. The molecule has 0 aromatic carbocycles. The van der Waals surface area contributed by atoms with Crippen LogP contribution in [0.25, 0.3) is 0 Å². The summed E-state index contributed by atoms with van der Waals surface area (Å²) < 4.78 is 5.29. The molecule has 0 spiro atoms. The van der Waals surface area contributed by atoms with Crippen molar-refractivity contribution in [2.45, 2.75) is 26.2 Å². The van der Waals surface area contributed by atoms with Crippen LogP contribution in [0.4, 0.5) is 0 Å². The summed E-state index contributed by atoms with van der Waals surface area (Å²) in [5.41, 5.74) is 0. The number of rotatable bonds is 5. The van der Waals surface area contributed by atoms with E-state index in [-0.39, 0.29) is 0 Å². The summed E-state index contributed by atoms with van der Waals surface area (Å²) in [5.74, 6) is 0.304. The van der Waals surface area contributed by atoms with E-state index in [1.165, 1.54) is 0 Å². The van der Waals surface area contributed by atoms with Gasteiger partial charge in [-0.05, 0) is 39.3 Å². The van der Waals surface area contributed by atoms with Crippen LogP contribution in [-0.2, 0) is 4.74 Å². The number of piperidine rings is 1. The largest absolute Gasteiger partial charge is 0.382 e. The summed E-state index contributed by atoms with van der Waals surface area (Å²) >= 11 is 0. The molecule has 1 aliphatic heterocycles. The molecule has 1 heterocycles. The fraction of sp³-hybridized carbons (Fsp3) is 0.909. The van der Waals surface area contributed by atoms with Crippen molar-refractivity contribution >= 4 is 0 Å². The van der Waals surface area contributed by atoms with Crippen LogP contribution in [0.15, 0.2) is 0 Å². The maximum Gasteiger partial charge on any atom is 0.0656 e. The Morgan fingerprint density at radius 1 is 1.43 bits per heavy atom. The van der Waals surface area contributed by atoms with Gasteiger partial charge in [-0.3, -0.25) is 0 Å². The van der Waals surface area contributed by atoms with Crippen LogP contribution in [0.3, 0.4) is 0 Å². The Hall–Kier alpha value is -0.590. The predicted molar refractivity (Wildman–Crippen MR) is 55.9 cm³/mol. The zero-order valence-corrected chi connectivity index (χ0v) is 9.04. The molecule has 80 valence electrons. The standard InChI is InChI=1S/C11H20N2O/c1-2-14-9-3-6-13-7-4-11(10-12)5-8-13/h11H,2-9H2,1H3. The second kappa shape index (κ2) is 6.80. The minimum atomic E-state index is 0.304. The summed E-state index contributed by atoms with van der Waals surface area (Å²) in [5, 5.41) is 8.73.